The molecule has 0 N–H and O–H groups in total. The van der Waals surface area contributed by atoms with E-state index in [4.69, 9.17) is 4.74 Å². The van der Waals surface area contributed by atoms with Crippen LogP contribution in [0.4, 0.5) is 10.1 Å². The SMILES string of the molecule is CC1=Nc2ccc(F)cc2C(C=O)O1. The maximum Gasteiger partial charge on any atom is 0.186 e. The Morgan fingerprint density at radius 1 is 1.57 bits per heavy atom. The number of rotatable bonds is 1. The topological polar surface area (TPSA) is 38.7 Å². The van der Waals surface area contributed by atoms with Crippen molar-refractivity contribution in [2.24, 2.45) is 4.99 Å². The number of nitrogens with zero attached hydrogens (tertiary/aromatic N) is 1. The van der Waals surface area contributed by atoms with Gasteiger partial charge in [-0.15, -0.1) is 0 Å². The van der Waals surface area contributed by atoms with E-state index < -0.39 is 11.9 Å². The molecule has 0 spiro atoms. The van der Waals surface area contributed by atoms with Crippen LogP contribution >= 0.6 is 0 Å². The number of fused-ring (bicyclic) bond motifs is 1. The Balaban J connectivity index is 2.57. The van der Waals surface area contributed by atoms with Crippen molar-refractivity contribution in [3.05, 3.63) is 29.6 Å². The van der Waals surface area contributed by atoms with Crippen molar-refractivity contribution in [1.82, 2.24) is 0 Å². The number of carbonyl (C=O) groups excluding carboxylic acids is 1. The molecule has 0 aromatic heterocycles. The molecule has 0 saturated carbocycles. The van der Waals surface area contributed by atoms with Gasteiger partial charge in [0.05, 0.1) is 5.69 Å². The lowest BCUT2D eigenvalue weighted by atomic mass is 10.1. The van der Waals surface area contributed by atoms with E-state index in [0.29, 0.717) is 23.4 Å². The van der Waals surface area contributed by atoms with Crippen LogP contribution in [0.3, 0.4) is 0 Å². The minimum atomic E-state index is -0.738. The highest BCUT2D eigenvalue weighted by Crippen LogP contribution is 2.31. The van der Waals surface area contributed by atoms with Crippen molar-refractivity contribution in [3.8, 4) is 0 Å². The number of halogens is 1. The monoisotopic (exact) mass is 193 g/mol. The molecule has 1 aliphatic heterocycles. The fraction of sp³-hybridized carbons (Fsp3) is 0.200. The predicted octanol–water partition coefficient (Wildman–Crippen LogP) is 2.15. The van der Waals surface area contributed by atoms with Crippen LogP contribution in [0.2, 0.25) is 0 Å². The van der Waals surface area contributed by atoms with E-state index in [-0.39, 0.29) is 0 Å². The van der Waals surface area contributed by atoms with E-state index in [2.05, 4.69) is 4.99 Å². The highest BCUT2D eigenvalue weighted by Gasteiger charge is 2.21. The van der Waals surface area contributed by atoms with Crippen LogP contribution in [0, 0.1) is 5.82 Å². The first-order chi connectivity index (χ1) is 6.70. The van der Waals surface area contributed by atoms with Gasteiger partial charge in [-0.2, -0.15) is 0 Å². The zero-order valence-corrected chi connectivity index (χ0v) is 7.53. The Labute approximate surface area is 80.2 Å². The number of ether oxygens (including phenoxy) is 1. The van der Waals surface area contributed by atoms with Gasteiger partial charge in [0.1, 0.15) is 5.82 Å². The number of carbonyl (C=O) groups is 1. The molecule has 0 saturated heterocycles. The molecule has 1 unspecified atom stereocenters. The predicted molar refractivity (Wildman–Crippen MR) is 49.1 cm³/mol. The summed E-state index contributed by atoms with van der Waals surface area (Å²) in [6, 6.07) is 4.11. The molecular weight excluding hydrogens is 185 g/mol. The molecule has 3 nitrogen and oxygen atoms in total. The zero-order chi connectivity index (χ0) is 10.1. The largest absolute Gasteiger partial charge is 0.465 e. The van der Waals surface area contributed by atoms with Gasteiger partial charge in [-0.3, -0.25) is 4.79 Å². The third kappa shape index (κ3) is 1.39. The molecule has 0 bridgehead atoms. The maximum atomic E-state index is 12.9. The summed E-state index contributed by atoms with van der Waals surface area (Å²) >= 11 is 0. The Morgan fingerprint density at radius 2 is 2.36 bits per heavy atom. The van der Waals surface area contributed by atoms with Gasteiger partial charge in [0.15, 0.2) is 18.3 Å². The first kappa shape index (κ1) is 8.87. The van der Waals surface area contributed by atoms with Crippen LogP contribution < -0.4 is 0 Å². The van der Waals surface area contributed by atoms with Crippen molar-refractivity contribution in [2.75, 3.05) is 0 Å². The van der Waals surface area contributed by atoms with Crippen LogP contribution in [0.15, 0.2) is 23.2 Å². The normalized spacial score (nSPS) is 19.3. The lowest BCUT2D eigenvalue weighted by Crippen LogP contribution is -2.14. The van der Waals surface area contributed by atoms with E-state index in [9.17, 15) is 9.18 Å². The first-order valence-electron chi connectivity index (χ1n) is 4.17. The second-order valence-electron chi connectivity index (χ2n) is 3.01. The number of aldehydes is 1. The molecule has 1 aromatic rings. The van der Waals surface area contributed by atoms with E-state index in [1.54, 1.807) is 6.92 Å². The fourth-order valence-corrected chi connectivity index (χ4v) is 1.40. The summed E-state index contributed by atoms with van der Waals surface area (Å²) in [6.45, 7) is 1.66. The van der Waals surface area contributed by atoms with Gasteiger partial charge in [-0.05, 0) is 18.2 Å². The average molecular weight is 193 g/mol. The van der Waals surface area contributed by atoms with Crippen LogP contribution in [-0.4, -0.2) is 12.2 Å². The Morgan fingerprint density at radius 3 is 3.07 bits per heavy atom. The van der Waals surface area contributed by atoms with Crippen molar-refractivity contribution in [2.45, 2.75) is 13.0 Å². The molecular formula is C10H8FNO2. The van der Waals surface area contributed by atoms with Crippen molar-refractivity contribution in [1.29, 1.82) is 0 Å². The molecule has 4 heteroatoms. The summed E-state index contributed by atoms with van der Waals surface area (Å²) in [5, 5.41) is 0. The van der Waals surface area contributed by atoms with Crippen LogP contribution in [0.25, 0.3) is 0 Å². The first-order valence-corrected chi connectivity index (χ1v) is 4.17. The highest BCUT2D eigenvalue weighted by molar-refractivity contribution is 5.83. The summed E-state index contributed by atoms with van der Waals surface area (Å²) in [5.41, 5.74) is 1.07. The van der Waals surface area contributed by atoms with Crippen molar-refractivity contribution in [3.63, 3.8) is 0 Å². The molecule has 1 aliphatic rings. The lowest BCUT2D eigenvalue weighted by molar-refractivity contribution is -0.114. The molecule has 0 fully saturated rings. The second kappa shape index (κ2) is 3.21. The quantitative estimate of drug-likeness (QED) is 0.641. The van der Waals surface area contributed by atoms with Gasteiger partial charge in [-0.25, -0.2) is 9.38 Å². The smallest absolute Gasteiger partial charge is 0.186 e. The van der Waals surface area contributed by atoms with Gasteiger partial charge in [-0.1, -0.05) is 0 Å². The van der Waals surface area contributed by atoms with E-state index in [1.165, 1.54) is 18.2 Å². The number of hydrogen-bond acceptors (Lipinski definition) is 3. The van der Waals surface area contributed by atoms with E-state index in [0.717, 1.165) is 0 Å². The summed E-state index contributed by atoms with van der Waals surface area (Å²) < 4.78 is 18.0. The standard InChI is InChI=1S/C10H8FNO2/c1-6-12-9-3-2-7(11)4-8(9)10(5-13)14-6/h2-5,10H,1H3. The van der Waals surface area contributed by atoms with Crippen LogP contribution in [0.1, 0.15) is 18.6 Å². The Bertz CT molecular complexity index is 415. The van der Waals surface area contributed by atoms with Crippen LogP contribution in [-0.2, 0) is 9.53 Å². The van der Waals surface area contributed by atoms with E-state index in [1.807, 2.05) is 0 Å². The Kier molecular flexibility index (Phi) is 2.04. The van der Waals surface area contributed by atoms with Gasteiger partial charge in [0, 0.05) is 12.5 Å². The minimum Gasteiger partial charge on any atom is -0.465 e. The molecule has 0 aliphatic carbocycles. The second-order valence-corrected chi connectivity index (χ2v) is 3.01. The summed E-state index contributed by atoms with van der Waals surface area (Å²) in [6.07, 6.45) is -0.102. The summed E-state index contributed by atoms with van der Waals surface area (Å²) in [4.78, 5) is 14.7. The molecule has 72 valence electrons. The number of aliphatic imine (C=N–C) groups is 1. The highest BCUT2D eigenvalue weighted by atomic mass is 19.1. The summed E-state index contributed by atoms with van der Waals surface area (Å²) in [7, 11) is 0. The summed E-state index contributed by atoms with van der Waals surface area (Å²) in [5.74, 6) is 0.0233. The third-order valence-electron chi connectivity index (χ3n) is 2.00. The third-order valence-corrected chi connectivity index (χ3v) is 2.00. The molecule has 14 heavy (non-hydrogen) atoms. The van der Waals surface area contributed by atoms with Crippen molar-refractivity contribution < 1.29 is 13.9 Å². The molecule has 0 radical (unpaired) electrons. The number of hydrogen-bond donors (Lipinski definition) is 0. The van der Waals surface area contributed by atoms with Gasteiger partial charge < -0.3 is 4.74 Å². The Hall–Kier alpha value is -1.71. The molecule has 1 atom stereocenters. The fourth-order valence-electron chi connectivity index (χ4n) is 1.40. The van der Waals surface area contributed by atoms with Crippen molar-refractivity contribution >= 4 is 17.9 Å². The molecule has 1 aromatic carbocycles. The van der Waals surface area contributed by atoms with Gasteiger partial charge >= 0.3 is 0 Å². The van der Waals surface area contributed by atoms with E-state index >= 15 is 0 Å². The number of benzene rings is 1. The zero-order valence-electron chi connectivity index (χ0n) is 7.53. The molecule has 2 rings (SSSR count). The molecule has 1 heterocycles. The average Bonchev–Trinajstić information content (AvgIpc) is 2.17. The van der Waals surface area contributed by atoms with Gasteiger partial charge in [0.2, 0.25) is 0 Å². The lowest BCUT2D eigenvalue weighted by Gasteiger charge is -2.20. The van der Waals surface area contributed by atoms with Crippen LogP contribution in [0.5, 0.6) is 0 Å². The maximum absolute atomic E-state index is 12.9. The van der Waals surface area contributed by atoms with Gasteiger partial charge in [0.25, 0.3) is 0 Å². The minimum absolute atomic E-state index is 0.394. The molecule has 0 amide bonds.